The van der Waals surface area contributed by atoms with E-state index in [4.69, 9.17) is 4.74 Å². The highest BCUT2D eigenvalue weighted by Crippen LogP contribution is 2.16. The Balaban J connectivity index is 1.74. The standard InChI is InChI=1S/C18H24N2O/c1-3-21-18-11-7-10-17(14-18)19-12-13-20(2)15-16-8-5-4-6-9-16/h4-11,14,19H,3,12-13,15H2,1-2H3. The number of nitrogens with one attached hydrogen (secondary N) is 1. The van der Waals surface area contributed by atoms with Gasteiger partial charge in [-0.25, -0.2) is 0 Å². The van der Waals surface area contributed by atoms with E-state index in [0.29, 0.717) is 6.61 Å². The number of nitrogens with zero attached hydrogens (tertiary/aromatic N) is 1. The normalized spacial score (nSPS) is 10.6. The van der Waals surface area contributed by atoms with Crippen molar-refractivity contribution in [1.29, 1.82) is 0 Å². The van der Waals surface area contributed by atoms with Crippen LogP contribution in [0.25, 0.3) is 0 Å². The van der Waals surface area contributed by atoms with Crippen LogP contribution in [0.4, 0.5) is 5.69 Å². The Hall–Kier alpha value is -2.00. The van der Waals surface area contributed by atoms with E-state index in [1.807, 2.05) is 25.1 Å². The Morgan fingerprint density at radius 1 is 1.05 bits per heavy atom. The third-order valence-electron chi connectivity index (χ3n) is 3.26. The molecule has 0 radical (unpaired) electrons. The molecule has 0 aliphatic heterocycles. The summed E-state index contributed by atoms with van der Waals surface area (Å²) in [4.78, 5) is 2.31. The molecule has 0 aliphatic rings. The van der Waals surface area contributed by atoms with Gasteiger partial charge in [0.1, 0.15) is 5.75 Å². The minimum absolute atomic E-state index is 0.698. The smallest absolute Gasteiger partial charge is 0.121 e. The Morgan fingerprint density at radius 3 is 2.62 bits per heavy atom. The van der Waals surface area contributed by atoms with Crippen LogP contribution < -0.4 is 10.1 Å². The Bertz CT molecular complexity index is 528. The number of likely N-dealkylation sites (N-methyl/N-ethyl adjacent to an activating group) is 1. The zero-order valence-corrected chi connectivity index (χ0v) is 12.9. The molecule has 0 aliphatic carbocycles. The van der Waals surface area contributed by atoms with Crippen LogP contribution in [0.1, 0.15) is 12.5 Å². The van der Waals surface area contributed by atoms with Gasteiger partial charge in [0.2, 0.25) is 0 Å². The third-order valence-corrected chi connectivity index (χ3v) is 3.26. The van der Waals surface area contributed by atoms with Crippen LogP contribution in [-0.2, 0) is 6.54 Å². The second-order valence-electron chi connectivity index (χ2n) is 5.11. The van der Waals surface area contributed by atoms with E-state index >= 15 is 0 Å². The summed E-state index contributed by atoms with van der Waals surface area (Å²) >= 11 is 0. The first kappa shape index (κ1) is 15.4. The molecular formula is C18H24N2O. The van der Waals surface area contributed by atoms with Gasteiger partial charge < -0.3 is 15.0 Å². The predicted octanol–water partition coefficient (Wildman–Crippen LogP) is 3.63. The molecule has 21 heavy (non-hydrogen) atoms. The van der Waals surface area contributed by atoms with E-state index in [0.717, 1.165) is 31.1 Å². The summed E-state index contributed by atoms with van der Waals surface area (Å²) in [5, 5.41) is 3.44. The summed E-state index contributed by atoms with van der Waals surface area (Å²) in [5.41, 5.74) is 2.45. The molecule has 2 rings (SSSR count). The van der Waals surface area contributed by atoms with Gasteiger partial charge in [0.25, 0.3) is 0 Å². The highest BCUT2D eigenvalue weighted by molar-refractivity contribution is 5.48. The topological polar surface area (TPSA) is 24.5 Å². The maximum absolute atomic E-state index is 5.50. The summed E-state index contributed by atoms with van der Waals surface area (Å²) < 4.78 is 5.50. The molecule has 0 saturated heterocycles. The molecule has 0 atom stereocenters. The highest BCUT2D eigenvalue weighted by Gasteiger charge is 2.00. The summed E-state index contributed by atoms with van der Waals surface area (Å²) in [6.07, 6.45) is 0. The number of anilines is 1. The lowest BCUT2D eigenvalue weighted by atomic mass is 10.2. The highest BCUT2D eigenvalue weighted by atomic mass is 16.5. The van der Waals surface area contributed by atoms with Crippen LogP contribution in [0.15, 0.2) is 54.6 Å². The van der Waals surface area contributed by atoms with Crippen molar-refractivity contribution in [2.45, 2.75) is 13.5 Å². The molecule has 2 aromatic rings. The van der Waals surface area contributed by atoms with Gasteiger partial charge in [0, 0.05) is 31.4 Å². The molecule has 0 unspecified atom stereocenters. The first-order chi connectivity index (χ1) is 10.3. The van der Waals surface area contributed by atoms with Crippen molar-refractivity contribution in [3.63, 3.8) is 0 Å². The van der Waals surface area contributed by atoms with Gasteiger partial charge in [-0.1, -0.05) is 36.4 Å². The van der Waals surface area contributed by atoms with Crippen molar-refractivity contribution >= 4 is 5.69 Å². The van der Waals surface area contributed by atoms with E-state index in [1.54, 1.807) is 0 Å². The van der Waals surface area contributed by atoms with Crippen molar-refractivity contribution in [1.82, 2.24) is 4.90 Å². The largest absolute Gasteiger partial charge is 0.494 e. The quantitative estimate of drug-likeness (QED) is 0.801. The van der Waals surface area contributed by atoms with Crippen molar-refractivity contribution in [2.75, 3.05) is 32.1 Å². The molecular weight excluding hydrogens is 260 g/mol. The molecule has 112 valence electrons. The van der Waals surface area contributed by atoms with Gasteiger partial charge >= 0.3 is 0 Å². The number of hydrogen-bond donors (Lipinski definition) is 1. The van der Waals surface area contributed by atoms with Crippen LogP contribution in [0.5, 0.6) is 5.75 Å². The number of ether oxygens (including phenoxy) is 1. The molecule has 0 fully saturated rings. The molecule has 1 N–H and O–H groups in total. The van der Waals surface area contributed by atoms with Gasteiger partial charge in [0.05, 0.1) is 6.61 Å². The minimum Gasteiger partial charge on any atom is -0.494 e. The van der Waals surface area contributed by atoms with E-state index in [9.17, 15) is 0 Å². The molecule has 3 nitrogen and oxygen atoms in total. The molecule has 0 saturated carbocycles. The summed E-state index contributed by atoms with van der Waals surface area (Å²) in [7, 11) is 2.14. The zero-order valence-electron chi connectivity index (χ0n) is 12.9. The second-order valence-corrected chi connectivity index (χ2v) is 5.11. The Kier molecular flexibility index (Phi) is 6.10. The fourth-order valence-electron chi connectivity index (χ4n) is 2.23. The summed E-state index contributed by atoms with van der Waals surface area (Å²) in [6, 6.07) is 18.7. The van der Waals surface area contributed by atoms with Crippen molar-refractivity contribution in [3.8, 4) is 5.75 Å². The van der Waals surface area contributed by atoms with Crippen molar-refractivity contribution in [3.05, 3.63) is 60.2 Å². The maximum atomic E-state index is 5.50. The number of hydrogen-bond acceptors (Lipinski definition) is 3. The number of benzene rings is 2. The SMILES string of the molecule is CCOc1cccc(NCCN(C)Cc2ccccc2)c1. The van der Waals surface area contributed by atoms with Gasteiger partial charge in [-0.15, -0.1) is 0 Å². The Morgan fingerprint density at radius 2 is 1.86 bits per heavy atom. The Labute approximate surface area is 127 Å². The van der Waals surface area contributed by atoms with Crippen LogP contribution >= 0.6 is 0 Å². The second kappa shape index (κ2) is 8.32. The van der Waals surface area contributed by atoms with Crippen LogP contribution in [0, 0.1) is 0 Å². The zero-order chi connectivity index (χ0) is 14.9. The van der Waals surface area contributed by atoms with Gasteiger partial charge in [-0.05, 0) is 31.7 Å². The van der Waals surface area contributed by atoms with Gasteiger partial charge in [-0.2, -0.15) is 0 Å². The fraction of sp³-hybridized carbons (Fsp3) is 0.333. The van der Waals surface area contributed by atoms with E-state index in [1.165, 1.54) is 5.56 Å². The molecule has 2 aromatic carbocycles. The van der Waals surface area contributed by atoms with Crippen molar-refractivity contribution < 1.29 is 4.74 Å². The average Bonchev–Trinajstić information content (AvgIpc) is 2.49. The van der Waals surface area contributed by atoms with E-state index in [2.05, 4.69) is 53.7 Å². The molecule has 0 heterocycles. The first-order valence-electron chi connectivity index (χ1n) is 7.47. The predicted molar refractivity (Wildman–Crippen MR) is 88.9 cm³/mol. The summed E-state index contributed by atoms with van der Waals surface area (Å²) in [5.74, 6) is 0.917. The van der Waals surface area contributed by atoms with Crippen LogP contribution in [0.3, 0.4) is 0 Å². The molecule has 0 aromatic heterocycles. The number of rotatable bonds is 8. The van der Waals surface area contributed by atoms with E-state index in [-0.39, 0.29) is 0 Å². The minimum atomic E-state index is 0.698. The molecule has 0 spiro atoms. The lowest BCUT2D eigenvalue weighted by Crippen LogP contribution is -2.24. The molecule has 3 heteroatoms. The molecule has 0 amide bonds. The van der Waals surface area contributed by atoms with Crippen LogP contribution in [-0.4, -0.2) is 31.6 Å². The monoisotopic (exact) mass is 284 g/mol. The average molecular weight is 284 g/mol. The third kappa shape index (κ3) is 5.48. The van der Waals surface area contributed by atoms with Crippen LogP contribution in [0.2, 0.25) is 0 Å². The molecule has 0 bridgehead atoms. The maximum Gasteiger partial charge on any atom is 0.121 e. The van der Waals surface area contributed by atoms with Gasteiger partial charge in [-0.3, -0.25) is 0 Å². The van der Waals surface area contributed by atoms with E-state index < -0.39 is 0 Å². The summed E-state index contributed by atoms with van der Waals surface area (Å²) in [6.45, 7) is 5.58. The first-order valence-corrected chi connectivity index (χ1v) is 7.47. The fourth-order valence-corrected chi connectivity index (χ4v) is 2.23. The van der Waals surface area contributed by atoms with Crippen molar-refractivity contribution in [2.24, 2.45) is 0 Å². The lowest BCUT2D eigenvalue weighted by molar-refractivity contribution is 0.338. The lowest BCUT2D eigenvalue weighted by Gasteiger charge is -2.17. The van der Waals surface area contributed by atoms with Gasteiger partial charge in [0.15, 0.2) is 0 Å².